The zero-order valence-electron chi connectivity index (χ0n) is 9.75. The summed E-state index contributed by atoms with van der Waals surface area (Å²) in [5.41, 5.74) is 6.63. The molecule has 3 fully saturated rings. The maximum absolute atomic E-state index is 6.40. The first-order valence-electron chi connectivity index (χ1n) is 6.81. The van der Waals surface area contributed by atoms with E-state index in [-0.39, 0.29) is 5.54 Å². The molecule has 15 heavy (non-hydrogen) atoms. The molecule has 1 saturated heterocycles. The quantitative estimate of drug-likeness (QED) is 0.704. The zero-order valence-corrected chi connectivity index (χ0v) is 9.75. The van der Waals surface area contributed by atoms with Crippen LogP contribution < -0.4 is 5.73 Å². The first kappa shape index (κ1) is 10.1. The van der Waals surface area contributed by atoms with Gasteiger partial charge in [-0.3, -0.25) is 4.90 Å². The Labute approximate surface area is 93.2 Å². The van der Waals surface area contributed by atoms with Crippen molar-refractivity contribution in [2.24, 2.45) is 11.7 Å². The lowest BCUT2D eigenvalue weighted by Gasteiger charge is -2.52. The summed E-state index contributed by atoms with van der Waals surface area (Å²) in [5, 5.41) is 0. The second-order valence-corrected chi connectivity index (χ2v) is 6.06. The van der Waals surface area contributed by atoms with Crippen LogP contribution in [0.1, 0.15) is 51.4 Å². The smallest absolute Gasteiger partial charge is 0.0441 e. The number of likely N-dealkylation sites (tertiary alicyclic amines) is 1. The summed E-state index contributed by atoms with van der Waals surface area (Å²) in [6, 6.07) is 0.878. The molecule has 3 aliphatic rings. The minimum atomic E-state index is 0.228. The van der Waals surface area contributed by atoms with E-state index in [1.807, 2.05) is 0 Å². The van der Waals surface area contributed by atoms with Crippen LogP contribution in [0.2, 0.25) is 0 Å². The molecule has 0 radical (unpaired) electrons. The Balaban J connectivity index is 1.52. The molecule has 0 unspecified atom stereocenters. The topological polar surface area (TPSA) is 29.3 Å². The van der Waals surface area contributed by atoms with Crippen molar-refractivity contribution < 1.29 is 0 Å². The van der Waals surface area contributed by atoms with Gasteiger partial charge in [0.25, 0.3) is 0 Å². The average molecular weight is 208 g/mol. The molecule has 2 saturated carbocycles. The molecule has 86 valence electrons. The Bertz CT molecular complexity index is 221. The Morgan fingerprint density at radius 3 is 2.00 bits per heavy atom. The van der Waals surface area contributed by atoms with E-state index in [4.69, 9.17) is 5.73 Å². The fraction of sp³-hybridized carbons (Fsp3) is 1.00. The highest BCUT2D eigenvalue weighted by atomic mass is 15.3. The number of nitrogens with two attached hydrogens (primary N) is 1. The summed E-state index contributed by atoms with van der Waals surface area (Å²) >= 11 is 0. The third-order valence-electron chi connectivity index (χ3n) is 4.73. The molecular formula is C13H24N2. The van der Waals surface area contributed by atoms with Gasteiger partial charge in [0.05, 0.1) is 0 Å². The van der Waals surface area contributed by atoms with Gasteiger partial charge >= 0.3 is 0 Å². The lowest BCUT2D eigenvalue weighted by atomic mass is 9.83. The van der Waals surface area contributed by atoms with E-state index in [2.05, 4.69) is 4.90 Å². The van der Waals surface area contributed by atoms with Crippen molar-refractivity contribution in [3.63, 3.8) is 0 Å². The van der Waals surface area contributed by atoms with Gasteiger partial charge in [0.2, 0.25) is 0 Å². The fourth-order valence-corrected chi connectivity index (χ4v) is 3.51. The summed E-state index contributed by atoms with van der Waals surface area (Å²) in [5.74, 6) is 0.875. The Kier molecular flexibility index (Phi) is 2.52. The number of hydrogen-bond donors (Lipinski definition) is 1. The van der Waals surface area contributed by atoms with Crippen molar-refractivity contribution in [2.75, 3.05) is 13.1 Å². The number of rotatable bonds is 2. The van der Waals surface area contributed by atoms with Crippen molar-refractivity contribution in [2.45, 2.75) is 62.9 Å². The molecule has 0 aromatic rings. The van der Waals surface area contributed by atoms with Gasteiger partial charge in [-0.2, -0.15) is 0 Å². The van der Waals surface area contributed by atoms with Crippen molar-refractivity contribution in [1.29, 1.82) is 0 Å². The minimum absolute atomic E-state index is 0.228. The van der Waals surface area contributed by atoms with Crippen LogP contribution in [0, 0.1) is 5.92 Å². The van der Waals surface area contributed by atoms with Crippen LogP contribution in [0.15, 0.2) is 0 Å². The molecule has 2 heteroatoms. The van der Waals surface area contributed by atoms with Gasteiger partial charge in [-0.05, 0) is 31.6 Å². The van der Waals surface area contributed by atoms with E-state index in [9.17, 15) is 0 Å². The molecule has 1 heterocycles. The first-order valence-corrected chi connectivity index (χ1v) is 6.81. The predicted molar refractivity (Wildman–Crippen MR) is 62.7 cm³/mol. The second kappa shape index (κ2) is 3.74. The van der Waals surface area contributed by atoms with Crippen molar-refractivity contribution in [3.05, 3.63) is 0 Å². The van der Waals surface area contributed by atoms with Gasteiger partial charge in [0.1, 0.15) is 0 Å². The SMILES string of the molecule is NC1(C2CC2)CN(C2CCCCCC2)C1. The highest BCUT2D eigenvalue weighted by Gasteiger charge is 2.51. The average Bonchev–Trinajstić information content (AvgIpc) is 3.00. The van der Waals surface area contributed by atoms with Gasteiger partial charge in [-0.15, -0.1) is 0 Å². The summed E-state index contributed by atoms with van der Waals surface area (Å²) in [6.45, 7) is 2.39. The first-order chi connectivity index (χ1) is 7.28. The molecule has 0 aromatic carbocycles. The highest BCUT2D eigenvalue weighted by molar-refractivity contribution is 5.10. The highest BCUT2D eigenvalue weighted by Crippen LogP contribution is 2.44. The maximum atomic E-state index is 6.40. The summed E-state index contributed by atoms with van der Waals surface area (Å²) in [7, 11) is 0. The van der Waals surface area contributed by atoms with E-state index in [0.29, 0.717) is 0 Å². The van der Waals surface area contributed by atoms with Gasteiger partial charge in [0.15, 0.2) is 0 Å². The normalized spacial score (nSPS) is 33.4. The van der Waals surface area contributed by atoms with Gasteiger partial charge in [0, 0.05) is 24.7 Å². The fourth-order valence-electron chi connectivity index (χ4n) is 3.51. The Hall–Kier alpha value is -0.0800. The molecule has 0 amide bonds. The van der Waals surface area contributed by atoms with Crippen LogP contribution in [0.5, 0.6) is 0 Å². The van der Waals surface area contributed by atoms with Gasteiger partial charge in [-0.25, -0.2) is 0 Å². The molecule has 0 spiro atoms. The van der Waals surface area contributed by atoms with E-state index in [1.54, 1.807) is 0 Å². The van der Waals surface area contributed by atoms with Crippen molar-refractivity contribution in [1.82, 2.24) is 4.90 Å². The lowest BCUT2D eigenvalue weighted by molar-refractivity contribution is 0.0106. The van der Waals surface area contributed by atoms with Crippen LogP contribution in [-0.4, -0.2) is 29.6 Å². The molecule has 3 rings (SSSR count). The van der Waals surface area contributed by atoms with Crippen molar-refractivity contribution in [3.8, 4) is 0 Å². The molecule has 0 aromatic heterocycles. The van der Waals surface area contributed by atoms with Crippen LogP contribution in [0.3, 0.4) is 0 Å². The van der Waals surface area contributed by atoms with Crippen molar-refractivity contribution >= 4 is 0 Å². The monoisotopic (exact) mass is 208 g/mol. The summed E-state index contributed by atoms with van der Waals surface area (Å²) in [6.07, 6.45) is 11.5. The molecule has 2 nitrogen and oxygen atoms in total. The van der Waals surface area contributed by atoms with Crippen LogP contribution in [0.25, 0.3) is 0 Å². The van der Waals surface area contributed by atoms with E-state index < -0.39 is 0 Å². The maximum Gasteiger partial charge on any atom is 0.0441 e. The predicted octanol–water partition coefficient (Wildman–Crippen LogP) is 2.13. The van der Waals surface area contributed by atoms with Crippen LogP contribution in [0.4, 0.5) is 0 Å². The molecule has 2 aliphatic carbocycles. The minimum Gasteiger partial charge on any atom is -0.323 e. The molecule has 0 atom stereocenters. The summed E-state index contributed by atoms with van der Waals surface area (Å²) in [4.78, 5) is 2.67. The zero-order chi connectivity index (χ0) is 10.3. The largest absolute Gasteiger partial charge is 0.323 e. The van der Waals surface area contributed by atoms with Crippen LogP contribution >= 0.6 is 0 Å². The number of nitrogens with zero attached hydrogens (tertiary/aromatic N) is 1. The molecule has 0 bridgehead atoms. The molecule has 2 N–H and O–H groups in total. The third-order valence-corrected chi connectivity index (χ3v) is 4.73. The number of hydrogen-bond acceptors (Lipinski definition) is 2. The van der Waals surface area contributed by atoms with Gasteiger partial charge in [-0.1, -0.05) is 25.7 Å². The third kappa shape index (κ3) is 1.94. The Morgan fingerprint density at radius 2 is 1.47 bits per heavy atom. The second-order valence-electron chi connectivity index (χ2n) is 6.06. The van der Waals surface area contributed by atoms with Gasteiger partial charge < -0.3 is 5.73 Å². The standard InChI is InChI=1S/C13H24N2/c14-13(11-7-8-11)9-15(10-13)12-5-3-1-2-4-6-12/h11-12H,1-10,14H2. The van der Waals surface area contributed by atoms with E-state index in [0.717, 1.165) is 12.0 Å². The molecular weight excluding hydrogens is 184 g/mol. The lowest BCUT2D eigenvalue weighted by Crippen LogP contribution is -2.70. The van der Waals surface area contributed by atoms with E-state index >= 15 is 0 Å². The Morgan fingerprint density at radius 1 is 0.867 bits per heavy atom. The van der Waals surface area contributed by atoms with Crippen LogP contribution in [-0.2, 0) is 0 Å². The summed E-state index contributed by atoms with van der Waals surface area (Å²) < 4.78 is 0. The molecule has 1 aliphatic heterocycles. The van der Waals surface area contributed by atoms with E-state index in [1.165, 1.54) is 64.5 Å².